The molecule has 0 saturated carbocycles. The van der Waals surface area contributed by atoms with Gasteiger partial charge in [-0.05, 0) is 30.5 Å². The second-order valence-corrected chi connectivity index (χ2v) is 6.52. The Morgan fingerprint density at radius 3 is 2.45 bits per heavy atom. The van der Waals surface area contributed by atoms with Crippen molar-refractivity contribution in [2.75, 3.05) is 5.75 Å². The monoisotopic (exact) mass is 317 g/mol. The number of hydrogen-bond donors (Lipinski definition) is 1. The molecule has 0 fully saturated rings. The SMILES string of the molecule is C=C(C)C(=O)NOS(=O)(=O)CC(C)c1ccc(Cl)cc1. The third kappa shape index (κ3) is 5.32. The van der Waals surface area contributed by atoms with Crippen LogP contribution in [0.5, 0.6) is 0 Å². The molecule has 0 aliphatic carbocycles. The fourth-order valence-corrected chi connectivity index (χ4v) is 2.62. The first-order valence-electron chi connectivity index (χ1n) is 5.84. The highest BCUT2D eigenvalue weighted by Crippen LogP contribution is 2.20. The summed E-state index contributed by atoms with van der Waals surface area (Å²) in [6.45, 7) is 6.56. The minimum absolute atomic E-state index is 0.158. The van der Waals surface area contributed by atoms with Crippen LogP contribution in [-0.4, -0.2) is 20.1 Å². The molecule has 0 spiro atoms. The Labute approximate surface area is 123 Å². The molecule has 0 aromatic heterocycles. The van der Waals surface area contributed by atoms with Gasteiger partial charge < -0.3 is 0 Å². The lowest BCUT2D eigenvalue weighted by molar-refractivity contribution is -0.123. The minimum Gasteiger partial charge on any atom is -0.267 e. The number of carbonyl (C=O) groups is 1. The molecule has 20 heavy (non-hydrogen) atoms. The molecule has 1 atom stereocenters. The smallest absolute Gasteiger partial charge is 0.267 e. The van der Waals surface area contributed by atoms with Gasteiger partial charge in [0.25, 0.3) is 16.0 Å². The fraction of sp³-hybridized carbons (Fsp3) is 0.308. The second-order valence-electron chi connectivity index (χ2n) is 4.47. The van der Waals surface area contributed by atoms with Gasteiger partial charge in [-0.25, -0.2) is 5.48 Å². The number of hydrogen-bond acceptors (Lipinski definition) is 4. The number of rotatable bonds is 6. The van der Waals surface area contributed by atoms with Gasteiger partial charge >= 0.3 is 0 Å². The summed E-state index contributed by atoms with van der Waals surface area (Å²) in [5.74, 6) is -1.22. The van der Waals surface area contributed by atoms with E-state index in [9.17, 15) is 13.2 Å². The van der Waals surface area contributed by atoms with Gasteiger partial charge in [-0.1, -0.05) is 37.2 Å². The zero-order chi connectivity index (χ0) is 15.3. The zero-order valence-corrected chi connectivity index (χ0v) is 12.8. The summed E-state index contributed by atoms with van der Waals surface area (Å²) in [5, 5.41) is 0.578. The predicted octanol–water partition coefficient (Wildman–Crippen LogP) is 2.40. The fourth-order valence-electron chi connectivity index (χ4n) is 1.42. The Morgan fingerprint density at radius 2 is 1.95 bits per heavy atom. The van der Waals surface area contributed by atoms with Crippen molar-refractivity contribution in [3.63, 3.8) is 0 Å². The van der Waals surface area contributed by atoms with Gasteiger partial charge in [0.05, 0.1) is 5.75 Å². The molecular formula is C13H16ClNO4S. The molecule has 0 saturated heterocycles. The largest absolute Gasteiger partial charge is 0.288 e. The number of halogens is 1. The molecule has 1 aromatic carbocycles. The Morgan fingerprint density at radius 1 is 1.40 bits per heavy atom. The maximum absolute atomic E-state index is 11.7. The van der Waals surface area contributed by atoms with Crippen molar-refractivity contribution in [3.8, 4) is 0 Å². The number of hydroxylamine groups is 1. The third-order valence-corrected chi connectivity index (χ3v) is 4.04. The van der Waals surface area contributed by atoms with Crippen LogP contribution in [0.4, 0.5) is 0 Å². The van der Waals surface area contributed by atoms with Crippen molar-refractivity contribution in [1.29, 1.82) is 0 Å². The molecule has 1 amide bonds. The quantitative estimate of drug-likeness (QED) is 0.646. The number of amides is 1. The van der Waals surface area contributed by atoms with Crippen LogP contribution in [0.15, 0.2) is 36.4 Å². The van der Waals surface area contributed by atoms with Crippen molar-refractivity contribution in [2.45, 2.75) is 19.8 Å². The van der Waals surface area contributed by atoms with E-state index in [1.807, 2.05) is 5.48 Å². The summed E-state index contributed by atoms with van der Waals surface area (Å²) in [4.78, 5) is 11.2. The van der Waals surface area contributed by atoms with Crippen LogP contribution in [0.2, 0.25) is 5.02 Å². The first kappa shape index (κ1) is 16.7. The summed E-state index contributed by atoms with van der Waals surface area (Å²) in [7, 11) is -3.87. The molecule has 1 unspecified atom stereocenters. The van der Waals surface area contributed by atoms with Crippen LogP contribution in [0, 0.1) is 0 Å². The number of nitrogens with one attached hydrogen (secondary N) is 1. The van der Waals surface area contributed by atoms with Gasteiger partial charge in [0.1, 0.15) is 0 Å². The van der Waals surface area contributed by atoms with Gasteiger partial charge in [0, 0.05) is 10.6 Å². The highest BCUT2D eigenvalue weighted by Gasteiger charge is 2.19. The molecule has 0 heterocycles. The molecule has 0 aliphatic rings. The van der Waals surface area contributed by atoms with Crippen LogP contribution in [0.3, 0.4) is 0 Å². The van der Waals surface area contributed by atoms with E-state index >= 15 is 0 Å². The Kier molecular flexibility index (Phi) is 5.74. The first-order chi connectivity index (χ1) is 9.21. The van der Waals surface area contributed by atoms with E-state index in [-0.39, 0.29) is 17.2 Å². The molecule has 5 nitrogen and oxygen atoms in total. The highest BCUT2D eigenvalue weighted by atomic mass is 35.5. The average molecular weight is 318 g/mol. The van der Waals surface area contributed by atoms with E-state index in [1.165, 1.54) is 6.92 Å². The van der Waals surface area contributed by atoms with Crippen LogP contribution in [0.1, 0.15) is 25.3 Å². The van der Waals surface area contributed by atoms with E-state index in [0.29, 0.717) is 5.02 Å². The van der Waals surface area contributed by atoms with Gasteiger partial charge in [-0.3, -0.25) is 4.79 Å². The third-order valence-electron chi connectivity index (χ3n) is 2.54. The van der Waals surface area contributed by atoms with Crippen LogP contribution in [0.25, 0.3) is 0 Å². The van der Waals surface area contributed by atoms with Crippen molar-refractivity contribution in [2.24, 2.45) is 0 Å². The van der Waals surface area contributed by atoms with Crippen molar-refractivity contribution in [3.05, 3.63) is 47.0 Å². The number of benzene rings is 1. The summed E-state index contributed by atoms with van der Waals surface area (Å²) < 4.78 is 27.9. The highest BCUT2D eigenvalue weighted by molar-refractivity contribution is 7.86. The molecule has 7 heteroatoms. The second kappa shape index (κ2) is 6.88. The minimum atomic E-state index is -3.87. The van der Waals surface area contributed by atoms with Crippen molar-refractivity contribution < 1.29 is 17.5 Å². The number of carbonyl (C=O) groups excluding carboxylic acids is 1. The lowest BCUT2D eigenvalue weighted by Gasteiger charge is -2.12. The molecular weight excluding hydrogens is 302 g/mol. The van der Waals surface area contributed by atoms with E-state index in [4.69, 9.17) is 11.6 Å². The van der Waals surface area contributed by atoms with Crippen LogP contribution in [-0.2, 0) is 19.2 Å². The maximum atomic E-state index is 11.7. The molecule has 0 radical (unpaired) electrons. The lowest BCUT2D eigenvalue weighted by atomic mass is 10.0. The summed E-state index contributed by atoms with van der Waals surface area (Å²) in [6.07, 6.45) is 0. The van der Waals surface area contributed by atoms with Gasteiger partial charge in [-0.15, -0.1) is 4.28 Å². The average Bonchev–Trinajstić information content (AvgIpc) is 2.36. The van der Waals surface area contributed by atoms with Gasteiger partial charge in [0.2, 0.25) is 0 Å². The summed E-state index contributed by atoms with van der Waals surface area (Å²) in [5.41, 5.74) is 2.81. The van der Waals surface area contributed by atoms with Crippen LogP contribution < -0.4 is 5.48 Å². The molecule has 0 bridgehead atoms. The van der Waals surface area contributed by atoms with E-state index < -0.39 is 16.0 Å². The predicted molar refractivity (Wildman–Crippen MR) is 77.7 cm³/mol. The van der Waals surface area contributed by atoms with Crippen molar-refractivity contribution in [1.82, 2.24) is 5.48 Å². The standard InChI is InChI=1S/C13H16ClNO4S/c1-9(2)13(16)15-19-20(17,18)8-10(3)11-4-6-12(14)7-5-11/h4-7,10H,1,8H2,2-3H3,(H,15,16). The summed E-state index contributed by atoms with van der Waals surface area (Å²) >= 11 is 5.76. The Hall–Kier alpha value is -1.37. The Bertz CT molecular complexity index is 595. The molecule has 1 N–H and O–H groups in total. The summed E-state index contributed by atoms with van der Waals surface area (Å²) in [6, 6.07) is 6.86. The molecule has 1 aromatic rings. The molecule has 1 rings (SSSR count). The normalized spacial score (nSPS) is 12.8. The van der Waals surface area contributed by atoms with Crippen molar-refractivity contribution >= 4 is 27.6 Å². The van der Waals surface area contributed by atoms with E-state index in [2.05, 4.69) is 10.9 Å². The lowest BCUT2D eigenvalue weighted by Crippen LogP contribution is -2.29. The maximum Gasteiger partial charge on any atom is 0.288 e. The van der Waals surface area contributed by atoms with Gasteiger partial charge in [0.15, 0.2) is 0 Å². The topological polar surface area (TPSA) is 72.5 Å². The van der Waals surface area contributed by atoms with Crippen LogP contribution >= 0.6 is 11.6 Å². The van der Waals surface area contributed by atoms with E-state index in [0.717, 1.165) is 5.56 Å². The Balaban J connectivity index is 2.64. The zero-order valence-electron chi connectivity index (χ0n) is 11.2. The first-order valence-corrected chi connectivity index (χ1v) is 7.79. The molecule has 0 aliphatic heterocycles. The molecule has 110 valence electrons. The van der Waals surface area contributed by atoms with E-state index in [1.54, 1.807) is 31.2 Å². The van der Waals surface area contributed by atoms with Gasteiger partial charge in [-0.2, -0.15) is 8.42 Å².